The minimum absolute atomic E-state index is 0.0381. The Kier molecular flexibility index (Phi) is 6.42. The van der Waals surface area contributed by atoms with Crippen LogP contribution in [0, 0.1) is 0 Å². The molecule has 0 spiro atoms. The lowest BCUT2D eigenvalue weighted by Crippen LogP contribution is -2.31. The van der Waals surface area contributed by atoms with Gasteiger partial charge in [0.25, 0.3) is 5.91 Å². The summed E-state index contributed by atoms with van der Waals surface area (Å²) in [7, 11) is 1.69. The van der Waals surface area contributed by atoms with Crippen molar-refractivity contribution in [3.63, 3.8) is 0 Å². The predicted molar refractivity (Wildman–Crippen MR) is 107 cm³/mol. The van der Waals surface area contributed by atoms with E-state index in [1.54, 1.807) is 7.05 Å². The van der Waals surface area contributed by atoms with Gasteiger partial charge in [0, 0.05) is 12.6 Å². The standard InChI is InChI=1S/C22H25N3O3/c1-4-16(2)18-12-8-9-13-19(18)27-15-21(26)25(3)14-20-23-24-22(28-20)17-10-6-5-7-11-17/h5-13,16H,4,14-15H2,1-3H3/t16-/m0/s1. The van der Waals surface area contributed by atoms with Gasteiger partial charge in [-0.2, -0.15) is 0 Å². The van der Waals surface area contributed by atoms with E-state index in [0.29, 0.717) is 17.7 Å². The van der Waals surface area contributed by atoms with E-state index in [0.717, 1.165) is 23.3 Å². The molecule has 3 aromatic rings. The normalized spacial score (nSPS) is 11.8. The second-order valence-electron chi connectivity index (χ2n) is 6.75. The van der Waals surface area contributed by atoms with Crippen LogP contribution in [0.2, 0.25) is 0 Å². The summed E-state index contributed by atoms with van der Waals surface area (Å²) in [6.07, 6.45) is 1.01. The number of benzene rings is 2. The molecule has 6 heteroatoms. The van der Waals surface area contributed by atoms with Gasteiger partial charge in [-0.15, -0.1) is 10.2 Å². The van der Waals surface area contributed by atoms with Crippen molar-refractivity contribution in [1.82, 2.24) is 15.1 Å². The maximum absolute atomic E-state index is 12.5. The topological polar surface area (TPSA) is 68.5 Å². The summed E-state index contributed by atoms with van der Waals surface area (Å²) in [4.78, 5) is 14.0. The van der Waals surface area contributed by atoms with E-state index >= 15 is 0 Å². The number of carbonyl (C=O) groups excluding carboxylic acids is 1. The number of aromatic nitrogens is 2. The van der Waals surface area contributed by atoms with Gasteiger partial charge in [0.05, 0.1) is 6.54 Å². The van der Waals surface area contributed by atoms with Crippen LogP contribution in [0.4, 0.5) is 0 Å². The zero-order chi connectivity index (χ0) is 19.9. The smallest absolute Gasteiger partial charge is 0.260 e. The molecule has 1 atom stereocenters. The Bertz CT molecular complexity index is 908. The molecule has 0 saturated carbocycles. The minimum atomic E-state index is -0.154. The quantitative estimate of drug-likeness (QED) is 0.584. The van der Waals surface area contributed by atoms with Gasteiger partial charge in [0.1, 0.15) is 5.75 Å². The zero-order valence-corrected chi connectivity index (χ0v) is 16.5. The summed E-state index contributed by atoms with van der Waals surface area (Å²) in [5.41, 5.74) is 1.96. The highest BCUT2D eigenvalue weighted by molar-refractivity contribution is 5.77. The largest absolute Gasteiger partial charge is 0.483 e. The molecule has 0 aliphatic heterocycles. The van der Waals surface area contributed by atoms with Crippen molar-refractivity contribution in [3.8, 4) is 17.2 Å². The number of hydrogen-bond acceptors (Lipinski definition) is 5. The van der Waals surface area contributed by atoms with Crippen LogP contribution in [-0.4, -0.2) is 34.7 Å². The lowest BCUT2D eigenvalue weighted by molar-refractivity contribution is -0.132. The van der Waals surface area contributed by atoms with Crippen molar-refractivity contribution in [2.45, 2.75) is 32.7 Å². The third-order valence-corrected chi connectivity index (χ3v) is 4.70. The van der Waals surface area contributed by atoms with Crippen LogP contribution in [0.25, 0.3) is 11.5 Å². The van der Waals surface area contributed by atoms with Crippen LogP contribution in [0.15, 0.2) is 59.0 Å². The fraction of sp³-hybridized carbons (Fsp3) is 0.318. The summed E-state index contributed by atoms with van der Waals surface area (Å²) in [6, 6.07) is 17.4. The van der Waals surface area contributed by atoms with Crippen molar-refractivity contribution in [1.29, 1.82) is 0 Å². The molecule has 6 nitrogen and oxygen atoms in total. The van der Waals surface area contributed by atoms with E-state index in [9.17, 15) is 4.79 Å². The maximum Gasteiger partial charge on any atom is 0.260 e. The van der Waals surface area contributed by atoms with Crippen LogP contribution in [0.5, 0.6) is 5.75 Å². The van der Waals surface area contributed by atoms with Crippen LogP contribution in [0.3, 0.4) is 0 Å². The molecule has 28 heavy (non-hydrogen) atoms. The van der Waals surface area contributed by atoms with Crippen LogP contribution in [-0.2, 0) is 11.3 Å². The molecule has 1 heterocycles. The lowest BCUT2D eigenvalue weighted by Gasteiger charge is -2.18. The van der Waals surface area contributed by atoms with Gasteiger partial charge >= 0.3 is 0 Å². The Morgan fingerprint density at radius 3 is 2.57 bits per heavy atom. The molecule has 0 fully saturated rings. The second-order valence-corrected chi connectivity index (χ2v) is 6.75. The third kappa shape index (κ3) is 4.76. The predicted octanol–water partition coefficient (Wildman–Crippen LogP) is 4.29. The molecule has 0 bridgehead atoms. The zero-order valence-electron chi connectivity index (χ0n) is 16.5. The summed E-state index contributed by atoms with van der Waals surface area (Å²) < 4.78 is 11.5. The van der Waals surface area contributed by atoms with E-state index in [-0.39, 0.29) is 19.1 Å². The average molecular weight is 379 g/mol. The molecule has 0 unspecified atom stereocenters. The van der Waals surface area contributed by atoms with E-state index in [4.69, 9.17) is 9.15 Å². The van der Waals surface area contributed by atoms with E-state index in [1.165, 1.54) is 4.90 Å². The van der Waals surface area contributed by atoms with Crippen LogP contribution < -0.4 is 4.74 Å². The minimum Gasteiger partial charge on any atom is -0.483 e. The Labute approximate surface area is 165 Å². The number of para-hydroxylation sites is 1. The van der Waals surface area contributed by atoms with Crippen LogP contribution in [0.1, 0.15) is 37.6 Å². The van der Waals surface area contributed by atoms with Crippen molar-refractivity contribution in [2.24, 2.45) is 0 Å². The number of likely N-dealkylation sites (N-methyl/N-ethyl adjacent to an activating group) is 1. The Morgan fingerprint density at radius 1 is 1.11 bits per heavy atom. The summed E-state index contributed by atoms with van der Waals surface area (Å²) >= 11 is 0. The molecule has 2 aromatic carbocycles. The fourth-order valence-corrected chi connectivity index (χ4v) is 2.79. The van der Waals surface area contributed by atoms with E-state index < -0.39 is 0 Å². The lowest BCUT2D eigenvalue weighted by atomic mass is 9.98. The molecule has 1 aromatic heterocycles. The summed E-state index contributed by atoms with van der Waals surface area (Å²) in [5, 5.41) is 8.08. The SMILES string of the molecule is CC[C@H](C)c1ccccc1OCC(=O)N(C)Cc1nnc(-c2ccccc2)o1. The number of nitrogens with zero attached hydrogens (tertiary/aromatic N) is 3. The van der Waals surface area contributed by atoms with E-state index in [2.05, 4.69) is 24.0 Å². The molecule has 146 valence electrons. The number of hydrogen-bond donors (Lipinski definition) is 0. The van der Waals surface area contributed by atoms with Crippen molar-refractivity contribution < 1.29 is 13.9 Å². The van der Waals surface area contributed by atoms with Gasteiger partial charge in [-0.1, -0.05) is 50.2 Å². The molecular formula is C22H25N3O3. The molecule has 0 aliphatic rings. The highest BCUT2D eigenvalue weighted by Gasteiger charge is 2.16. The molecule has 1 amide bonds. The van der Waals surface area contributed by atoms with Gasteiger partial charge in [-0.05, 0) is 36.1 Å². The number of rotatable bonds is 8. The molecule has 3 rings (SSSR count). The second kappa shape index (κ2) is 9.17. The van der Waals surface area contributed by atoms with Gasteiger partial charge in [0.15, 0.2) is 6.61 Å². The van der Waals surface area contributed by atoms with Gasteiger partial charge in [-0.25, -0.2) is 0 Å². The highest BCUT2D eigenvalue weighted by atomic mass is 16.5. The first-order chi connectivity index (χ1) is 13.6. The maximum atomic E-state index is 12.5. The number of carbonyl (C=O) groups is 1. The van der Waals surface area contributed by atoms with Crippen molar-refractivity contribution in [2.75, 3.05) is 13.7 Å². The van der Waals surface area contributed by atoms with E-state index in [1.807, 2.05) is 54.6 Å². The van der Waals surface area contributed by atoms with Crippen LogP contribution >= 0.6 is 0 Å². The first-order valence-corrected chi connectivity index (χ1v) is 9.42. The number of ether oxygens (including phenoxy) is 1. The van der Waals surface area contributed by atoms with Gasteiger partial charge in [-0.3, -0.25) is 4.79 Å². The first-order valence-electron chi connectivity index (χ1n) is 9.42. The summed E-state index contributed by atoms with van der Waals surface area (Å²) in [6.45, 7) is 4.48. The van der Waals surface area contributed by atoms with Crippen molar-refractivity contribution >= 4 is 5.91 Å². The Hall–Kier alpha value is -3.15. The number of amides is 1. The molecule has 0 N–H and O–H groups in total. The molecule has 0 radical (unpaired) electrons. The molecule has 0 saturated heterocycles. The van der Waals surface area contributed by atoms with Gasteiger partial charge < -0.3 is 14.1 Å². The Morgan fingerprint density at radius 2 is 1.82 bits per heavy atom. The highest BCUT2D eigenvalue weighted by Crippen LogP contribution is 2.28. The average Bonchev–Trinajstić information content (AvgIpc) is 3.20. The fourth-order valence-electron chi connectivity index (χ4n) is 2.79. The third-order valence-electron chi connectivity index (χ3n) is 4.70. The molecule has 0 aliphatic carbocycles. The van der Waals surface area contributed by atoms with Crippen molar-refractivity contribution in [3.05, 3.63) is 66.1 Å². The summed E-state index contributed by atoms with van der Waals surface area (Å²) in [5.74, 6) is 1.80. The van der Waals surface area contributed by atoms with Gasteiger partial charge in [0.2, 0.25) is 11.8 Å². The monoisotopic (exact) mass is 379 g/mol. The molecular weight excluding hydrogens is 354 g/mol. The Balaban J connectivity index is 1.58. The first kappa shape index (κ1) is 19.6.